The summed E-state index contributed by atoms with van der Waals surface area (Å²) in [5.41, 5.74) is 0. The Hall–Kier alpha value is -2.45. The van der Waals surface area contributed by atoms with Gasteiger partial charge in [0.15, 0.2) is 0 Å². The van der Waals surface area contributed by atoms with Gasteiger partial charge < -0.3 is 14.7 Å². The van der Waals surface area contributed by atoms with Crippen molar-refractivity contribution < 1.29 is 24.3 Å². The second-order valence-electron chi connectivity index (χ2n) is 3.01. The van der Waals surface area contributed by atoms with Gasteiger partial charge >= 0.3 is 5.97 Å². The summed E-state index contributed by atoms with van der Waals surface area (Å²) < 4.78 is 6.24. The molecule has 0 atom stereocenters. The summed E-state index contributed by atoms with van der Waals surface area (Å²) in [5, 5.41) is 15.4. The fourth-order valence-electron chi connectivity index (χ4n) is 0.970. The lowest BCUT2D eigenvalue weighted by Gasteiger charge is -2.05. The zero-order valence-electron chi connectivity index (χ0n) is 9.65. The summed E-state index contributed by atoms with van der Waals surface area (Å²) >= 11 is 0. The van der Waals surface area contributed by atoms with E-state index in [1.807, 2.05) is 0 Å². The van der Waals surface area contributed by atoms with Gasteiger partial charge in [0.1, 0.15) is 19.2 Å². The van der Waals surface area contributed by atoms with E-state index in [2.05, 4.69) is 20.1 Å². The van der Waals surface area contributed by atoms with Crippen LogP contribution in [0.2, 0.25) is 0 Å². The average Bonchev–Trinajstić information content (AvgIpc) is 2.80. The summed E-state index contributed by atoms with van der Waals surface area (Å²) in [5.74, 6) is -1.99. The van der Waals surface area contributed by atoms with Crippen LogP contribution in [0.3, 0.4) is 0 Å². The molecule has 0 saturated heterocycles. The van der Waals surface area contributed by atoms with Crippen molar-refractivity contribution in [1.29, 1.82) is 0 Å². The van der Waals surface area contributed by atoms with E-state index >= 15 is 0 Å². The van der Waals surface area contributed by atoms with Crippen molar-refractivity contribution in [2.24, 2.45) is 5.16 Å². The van der Waals surface area contributed by atoms with Crippen LogP contribution in [0.25, 0.3) is 0 Å². The fourth-order valence-corrected chi connectivity index (χ4v) is 0.970. The molecule has 1 rings (SSSR count). The maximum atomic E-state index is 11.7. The Morgan fingerprint density at radius 2 is 2.28 bits per heavy atom. The van der Waals surface area contributed by atoms with Crippen molar-refractivity contribution in [2.45, 2.75) is 13.5 Å². The van der Waals surface area contributed by atoms with Gasteiger partial charge in [0.25, 0.3) is 5.90 Å². The molecule has 9 nitrogen and oxygen atoms in total. The van der Waals surface area contributed by atoms with Gasteiger partial charge in [-0.2, -0.15) is 5.10 Å². The van der Waals surface area contributed by atoms with Gasteiger partial charge in [-0.05, 0) is 12.1 Å². The highest BCUT2D eigenvalue weighted by molar-refractivity contribution is 6.35. The highest BCUT2D eigenvalue weighted by Gasteiger charge is 2.15. The molecule has 9 heteroatoms. The van der Waals surface area contributed by atoms with E-state index in [1.165, 1.54) is 17.3 Å². The lowest BCUT2D eigenvalue weighted by molar-refractivity contribution is -0.142. The molecule has 0 aliphatic rings. The first-order valence-electron chi connectivity index (χ1n) is 5.03. The van der Waals surface area contributed by atoms with E-state index in [9.17, 15) is 9.59 Å². The van der Waals surface area contributed by atoms with Crippen LogP contribution in [0, 0.1) is 0 Å². The number of oxime groups is 1. The Balaban J connectivity index is 2.59. The zero-order chi connectivity index (χ0) is 13.4. The van der Waals surface area contributed by atoms with E-state index < -0.39 is 18.4 Å². The minimum absolute atomic E-state index is 0.116. The van der Waals surface area contributed by atoms with Crippen LogP contribution in [0.5, 0.6) is 0 Å². The number of carboxylic acids is 1. The zero-order valence-corrected chi connectivity index (χ0v) is 9.65. The molecule has 0 saturated carbocycles. The Kier molecular flexibility index (Phi) is 5.29. The van der Waals surface area contributed by atoms with Crippen LogP contribution in [-0.2, 0) is 25.7 Å². The number of ether oxygens (including phenoxy) is 1. The largest absolute Gasteiger partial charge is 0.479 e. The first-order chi connectivity index (χ1) is 8.63. The van der Waals surface area contributed by atoms with Crippen LogP contribution in [-0.4, -0.2) is 50.7 Å². The number of nitrogens with zero attached hydrogens (tertiary/aromatic N) is 4. The molecule has 1 heterocycles. The fraction of sp³-hybridized carbons (Fsp3) is 0.444. The predicted octanol–water partition coefficient (Wildman–Crippen LogP) is -0.702. The number of hydrogen-bond donors (Lipinski definition) is 1. The number of aromatic nitrogens is 3. The second-order valence-corrected chi connectivity index (χ2v) is 3.01. The Labute approximate surface area is 102 Å². The van der Waals surface area contributed by atoms with Gasteiger partial charge in [-0.1, -0.05) is 0 Å². The summed E-state index contributed by atoms with van der Waals surface area (Å²) in [7, 11) is 0. The summed E-state index contributed by atoms with van der Waals surface area (Å²) in [6, 6.07) is 0. The lowest BCUT2D eigenvalue weighted by Crippen LogP contribution is -2.24. The number of hydrogen-bond acceptors (Lipinski definition) is 7. The second kappa shape index (κ2) is 6.99. The normalized spacial score (nSPS) is 11.1. The molecule has 0 aliphatic carbocycles. The molecular weight excluding hydrogens is 244 g/mol. The Morgan fingerprint density at radius 3 is 2.83 bits per heavy atom. The van der Waals surface area contributed by atoms with E-state index in [0.717, 1.165) is 0 Å². The van der Waals surface area contributed by atoms with Crippen LogP contribution in [0.1, 0.15) is 6.92 Å². The van der Waals surface area contributed by atoms with E-state index in [-0.39, 0.29) is 19.0 Å². The Bertz CT molecular complexity index is 428. The number of rotatable bonds is 7. The molecule has 0 unspecified atom stereocenters. The first kappa shape index (κ1) is 13.6. The molecule has 1 aromatic heterocycles. The number of ketones is 1. The number of carboxylic acid groups (broad SMARTS) is 1. The number of carbonyl (C=O) groups is 2. The maximum absolute atomic E-state index is 11.7. The third-order valence-electron chi connectivity index (χ3n) is 1.63. The summed E-state index contributed by atoms with van der Waals surface area (Å²) in [4.78, 5) is 30.1. The van der Waals surface area contributed by atoms with Gasteiger partial charge in [0, 0.05) is 0 Å². The Morgan fingerprint density at radius 1 is 1.50 bits per heavy atom. The SMILES string of the molecule is CCOC(=NOCC(=O)O)C(=O)Cn1cncn1. The molecule has 0 fully saturated rings. The average molecular weight is 256 g/mol. The summed E-state index contributed by atoms with van der Waals surface area (Å²) in [6.07, 6.45) is 2.64. The number of aliphatic carboxylic acids is 1. The molecule has 1 aromatic rings. The third-order valence-corrected chi connectivity index (χ3v) is 1.63. The quantitative estimate of drug-likeness (QED) is 0.389. The molecule has 1 N–H and O–H groups in total. The van der Waals surface area contributed by atoms with Gasteiger partial charge in [0.2, 0.25) is 12.4 Å². The molecular formula is C9H12N4O5. The predicted molar refractivity (Wildman–Crippen MR) is 57.7 cm³/mol. The molecule has 0 spiro atoms. The minimum Gasteiger partial charge on any atom is -0.479 e. The van der Waals surface area contributed by atoms with Crippen LogP contribution in [0.4, 0.5) is 0 Å². The number of Topliss-reactive ketones (excluding diaryl/α,β-unsaturated/α-hetero) is 1. The highest BCUT2D eigenvalue weighted by atomic mass is 16.7. The van der Waals surface area contributed by atoms with E-state index in [4.69, 9.17) is 9.84 Å². The van der Waals surface area contributed by atoms with Gasteiger partial charge in [-0.25, -0.2) is 14.5 Å². The standard InChI is InChI=1S/C9H12N4O5/c1-2-17-9(12-18-4-8(15)16)7(14)3-13-6-10-5-11-13/h5-6H,2-4H2,1H3,(H,15,16). The highest BCUT2D eigenvalue weighted by Crippen LogP contribution is 1.92. The number of carbonyl (C=O) groups excluding carboxylic acids is 1. The monoisotopic (exact) mass is 256 g/mol. The van der Waals surface area contributed by atoms with Gasteiger partial charge in [-0.15, -0.1) is 0 Å². The van der Waals surface area contributed by atoms with Crippen LogP contribution >= 0.6 is 0 Å². The maximum Gasteiger partial charge on any atom is 0.344 e. The molecule has 0 amide bonds. The van der Waals surface area contributed by atoms with E-state index in [1.54, 1.807) is 6.92 Å². The van der Waals surface area contributed by atoms with Crippen molar-refractivity contribution >= 4 is 17.7 Å². The van der Waals surface area contributed by atoms with Crippen LogP contribution < -0.4 is 0 Å². The smallest absolute Gasteiger partial charge is 0.344 e. The topological polar surface area (TPSA) is 116 Å². The summed E-state index contributed by atoms with van der Waals surface area (Å²) in [6.45, 7) is 1.11. The first-order valence-corrected chi connectivity index (χ1v) is 5.03. The molecule has 0 aromatic carbocycles. The van der Waals surface area contributed by atoms with Gasteiger partial charge in [-0.3, -0.25) is 4.79 Å². The van der Waals surface area contributed by atoms with E-state index in [0.29, 0.717) is 0 Å². The minimum atomic E-state index is -1.20. The van der Waals surface area contributed by atoms with Gasteiger partial charge in [0.05, 0.1) is 6.61 Å². The molecule has 98 valence electrons. The van der Waals surface area contributed by atoms with Crippen molar-refractivity contribution in [3.8, 4) is 0 Å². The van der Waals surface area contributed by atoms with Crippen molar-refractivity contribution in [3.05, 3.63) is 12.7 Å². The molecule has 0 aliphatic heterocycles. The third kappa shape index (κ3) is 4.60. The molecule has 18 heavy (non-hydrogen) atoms. The van der Waals surface area contributed by atoms with Crippen molar-refractivity contribution in [3.63, 3.8) is 0 Å². The molecule has 0 radical (unpaired) electrons. The van der Waals surface area contributed by atoms with Crippen molar-refractivity contribution in [2.75, 3.05) is 13.2 Å². The van der Waals surface area contributed by atoms with Crippen molar-refractivity contribution in [1.82, 2.24) is 14.8 Å². The van der Waals surface area contributed by atoms with Crippen LogP contribution in [0.15, 0.2) is 17.8 Å². The molecule has 0 bridgehead atoms. The lowest BCUT2D eigenvalue weighted by atomic mass is 10.4.